The third kappa shape index (κ3) is 4.82. The van der Waals surface area contributed by atoms with Gasteiger partial charge in [-0.25, -0.2) is 0 Å². The lowest BCUT2D eigenvalue weighted by Gasteiger charge is -2.41. The number of hydrogen-bond donors (Lipinski definition) is 2. The highest BCUT2D eigenvalue weighted by atomic mass is 32.1. The number of carboxylic acids is 1. The molecular formula is C24H27F3N2O4S. The molecule has 1 aliphatic rings. The average Bonchev–Trinajstić information content (AvgIpc) is 3.39. The van der Waals surface area contributed by atoms with E-state index in [-0.39, 0.29) is 30.9 Å². The molecule has 0 unspecified atom stereocenters. The van der Waals surface area contributed by atoms with Gasteiger partial charge in [0.2, 0.25) is 5.91 Å². The van der Waals surface area contributed by atoms with Crippen LogP contribution in [0.1, 0.15) is 60.5 Å². The summed E-state index contributed by atoms with van der Waals surface area (Å²) in [4.78, 5) is 41.6. The minimum absolute atomic E-state index is 0.0435. The molecule has 34 heavy (non-hydrogen) atoms. The topological polar surface area (TPSA) is 86.7 Å². The van der Waals surface area contributed by atoms with Crippen molar-refractivity contribution in [3.63, 3.8) is 0 Å². The fourth-order valence-corrected chi connectivity index (χ4v) is 5.65. The molecule has 0 aliphatic carbocycles. The molecule has 0 bridgehead atoms. The molecule has 10 heteroatoms. The smallest absolute Gasteiger partial charge is 0.416 e. The second kappa shape index (κ2) is 9.77. The molecular weight excluding hydrogens is 469 g/mol. The van der Waals surface area contributed by atoms with Crippen molar-refractivity contribution in [1.82, 2.24) is 10.2 Å². The number of likely N-dealkylation sites (tertiary alicyclic amines) is 1. The summed E-state index contributed by atoms with van der Waals surface area (Å²) in [6.07, 6.45) is -4.45. The van der Waals surface area contributed by atoms with E-state index in [2.05, 4.69) is 5.32 Å². The van der Waals surface area contributed by atoms with Gasteiger partial charge in [-0.05, 0) is 61.4 Å². The van der Waals surface area contributed by atoms with Crippen LogP contribution in [0, 0.1) is 11.8 Å². The molecule has 1 fully saturated rings. The van der Waals surface area contributed by atoms with Crippen molar-refractivity contribution in [2.45, 2.75) is 51.4 Å². The van der Waals surface area contributed by atoms with E-state index in [1.807, 2.05) is 13.8 Å². The minimum Gasteiger partial charge on any atom is -0.481 e. The number of nitrogens with zero attached hydrogens (tertiary/aromatic N) is 1. The van der Waals surface area contributed by atoms with Crippen LogP contribution in [0.2, 0.25) is 0 Å². The molecule has 2 heterocycles. The third-order valence-corrected chi connectivity index (χ3v) is 6.96. The van der Waals surface area contributed by atoms with E-state index in [9.17, 15) is 32.7 Å². The Hall–Kier alpha value is -2.88. The number of carboxylic acid groups (broad SMARTS) is 1. The van der Waals surface area contributed by atoms with Gasteiger partial charge in [0.05, 0.1) is 17.5 Å². The number of hydrogen-bond acceptors (Lipinski definition) is 4. The van der Waals surface area contributed by atoms with Gasteiger partial charge in [-0.15, -0.1) is 11.3 Å². The lowest BCUT2D eigenvalue weighted by molar-refractivity contribution is -0.142. The van der Waals surface area contributed by atoms with E-state index in [4.69, 9.17) is 0 Å². The maximum atomic E-state index is 13.9. The first-order valence-electron chi connectivity index (χ1n) is 11.0. The summed E-state index contributed by atoms with van der Waals surface area (Å²) in [7, 11) is 0. The van der Waals surface area contributed by atoms with Crippen molar-refractivity contribution in [3.8, 4) is 0 Å². The molecule has 0 radical (unpaired) electrons. The molecule has 6 nitrogen and oxygen atoms in total. The third-order valence-electron chi connectivity index (χ3n) is 6.01. The predicted molar refractivity (Wildman–Crippen MR) is 121 cm³/mol. The molecule has 3 atom stereocenters. The molecule has 2 N–H and O–H groups in total. The summed E-state index contributed by atoms with van der Waals surface area (Å²) in [5.41, 5.74) is -2.42. The van der Waals surface area contributed by atoms with Gasteiger partial charge < -0.3 is 15.3 Å². The number of halogens is 3. The van der Waals surface area contributed by atoms with Crippen molar-refractivity contribution >= 4 is 29.1 Å². The van der Waals surface area contributed by atoms with Gasteiger partial charge in [0.25, 0.3) is 5.91 Å². The van der Waals surface area contributed by atoms with Gasteiger partial charge in [0.1, 0.15) is 5.54 Å². The Morgan fingerprint density at radius 1 is 1.21 bits per heavy atom. The molecule has 184 valence electrons. The summed E-state index contributed by atoms with van der Waals surface area (Å²) in [5.74, 6) is -3.41. The van der Waals surface area contributed by atoms with E-state index in [1.54, 1.807) is 24.4 Å². The van der Waals surface area contributed by atoms with Crippen LogP contribution in [-0.4, -0.2) is 39.9 Å². The van der Waals surface area contributed by atoms with Crippen molar-refractivity contribution in [1.29, 1.82) is 0 Å². The van der Waals surface area contributed by atoms with Crippen LogP contribution >= 0.6 is 11.3 Å². The Morgan fingerprint density at radius 2 is 1.85 bits per heavy atom. The zero-order valence-corrected chi connectivity index (χ0v) is 19.9. The Kier molecular flexibility index (Phi) is 7.40. The first kappa shape index (κ1) is 25.7. The van der Waals surface area contributed by atoms with Crippen molar-refractivity contribution in [2.75, 3.05) is 6.54 Å². The van der Waals surface area contributed by atoms with Crippen molar-refractivity contribution in [3.05, 3.63) is 57.8 Å². The second-order valence-corrected chi connectivity index (χ2v) is 9.83. The Bertz CT molecular complexity index is 1040. The number of likely N-dealkylation sites (N-methyl/N-ethyl adjacent to an activating group) is 1. The van der Waals surface area contributed by atoms with Crippen LogP contribution in [0.25, 0.3) is 0 Å². The summed E-state index contributed by atoms with van der Waals surface area (Å²) >= 11 is 1.27. The Labute approximate surface area is 199 Å². The summed E-state index contributed by atoms with van der Waals surface area (Å²) in [6.45, 7) is 5.75. The van der Waals surface area contributed by atoms with E-state index >= 15 is 0 Å². The fourth-order valence-electron chi connectivity index (χ4n) is 4.77. The molecule has 0 spiro atoms. The first-order valence-corrected chi connectivity index (χ1v) is 11.9. The zero-order valence-electron chi connectivity index (χ0n) is 19.1. The highest BCUT2D eigenvalue weighted by Gasteiger charge is 2.60. The number of thiophene rings is 1. The number of carbonyl (C=O) groups excluding carboxylic acids is 2. The van der Waals surface area contributed by atoms with Gasteiger partial charge in [-0.2, -0.15) is 13.2 Å². The Balaban J connectivity index is 2.20. The van der Waals surface area contributed by atoms with E-state index in [1.165, 1.54) is 16.2 Å². The van der Waals surface area contributed by atoms with Crippen LogP contribution in [0.5, 0.6) is 0 Å². The normalized spacial score (nSPS) is 22.7. The van der Waals surface area contributed by atoms with E-state index < -0.39 is 47.0 Å². The van der Waals surface area contributed by atoms with Crippen LogP contribution in [0.3, 0.4) is 0 Å². The van der Waals surface area contributed by atoms with Crippen LogP contribution in [0.4, 0.5) is 13.2 Å². The number of amides is 2. The van der Waals surface area contributed by atoms with Crippen LogP contribution in [0.15, 0.2) is 41.8 Å². The number of alkyl halides is 3. The maximum absolute atomic E-state index is 13.9. The van der Waals surface area contributed by atoms with Gasteiger partial charge in [0.15, 0.2) is 0 Å². The van der Waals surface area contributed by atoms with Crippen molar-refractivity contribution < 1.29 is 32.7 Å². The van der Waals surface area contributed by atoms with Gasteiger partial charge >= 0.3 is 12.1 Å². The quantitative estimate of drug-likeness (QED) is 0.566. The number of nitrogens with one attached hydrogen (secondary N) is 1. The number of benzene rings is 1. The molecule has 1 saturated heterocycles. The van der Waals surface area contributed by atoms with Gasteiger partial charge in [0, 0.05) is 17.0 Å². The number of carbonyl (C=O) groups is 3. The average molecular weight is 497 g/mol. The number of aliphatic carboxylic acids is 1. The van der Waals surface area contributed by atoms with E-state index in [0.29, 0.717) is 4.88 Å². The molecule has 3 rings (SSSR count). The predicted octanol–water partition coefficient (Wildman–Crippen LogP) is 4.98. The highest BCUT2D eigenvalue weighted by molar-refractivity contribution is 7.10. The maximum Gasteiger partial charge on any atom is 0.416 e. The molecule has 1 aromatic carbocycles. The standard InChI is InChI=1S/C24H27F3N2O4S/c1-4-28-22(33)23(12-14(2)3)13-17(21(31)32)19(18-6-5-11-34-18)29(23)20(30)15-7-9-16(10-8-15)24(25,26)27/h5-11,14,17,19H,4,12-13H2,1-3H3,(H,28,33)(H,31,32)/t17-,19+,23-/m0/s1. The first-order chi connectivity index (χ1) is 15.9. The molecule has 1 aromatic heterocycles. The van der Waals surface area contributed by atoms with E-state index in [0.717, 1.165) is 24.3 Å². The summed E-state index contributed by atoms with van der Waals surface area (Å²) in [6, 6.07) is 6.28. The minimum atomic E-state index is -4.56. The molecule has 0 saturated carbocycles. The Morgan fingerprint density at radius 3 is 2.32 bits per heavy atom. The lowest BCUT2D eigenvalue weighted by Crippen LogP contribution is -2.58. The summed E-state index contributed by atoms with van der Waals surface area (Å²) in [5, 5.41) is 14.6. The highest BCUT2D eigenvalue weighted by Crippen LogP contribution is 2.51. The molecule has 1 aliphatic heterocycles. The van der Waals surface area contributed by atoms with Gasteiger partial charge in [-0.1, -0.05) is 19.9 Å². The zero-order chi connectivity index (χ0) is 25.3. The van der Waals surface area contributed by atoms with Crippen molar-refractivity contribution in [2.24, 2.45) is 11.8 Å². The lowest BCUT2D eigenvalue weighted by atomic mass is 9.82. The molecule has 2 amide bonds. The van der Waals surface area contributed by atoms with Crippen LogP contribution in [-0.2, 0) is 15.8 Å². The summed E-state index contributed by atoms with van der Waals surface area (Å²) < 4.78 is 39.2. The monoisotopic (exact) mass is 496 g/mol. The fraction of sp³-hybridized carbons (Fsp3) is 0.458. The largest absolute Gasteiger partial charge is 0.481 e. The second-order valence-electron chi connectivity index (χ2n) is 8.85. The number of rotatable bonds is 7. The molecule has 2 aromatic rings. The van der Waals surface area contributed by atoms with Crippen LogP contribution < -0.4 is 5.32 Å². The SMILES string of the molecule is CCNC(=O)[C@]1(CC(C)C)C[C@H](C(=O)O)[C@H](c2cccs2)N1C(=O)c1ccc(C(F)(F)F)cc1. The van der Waals surface area contributed by atoms with Gasteiger partial charge in [-0.3, -0.25) is 14.4 Å².